The quantitative estimate of drug-likeness (QED) is 0.599. The molecular formula is C23H24FN3O4. The number of nitrogens with zero attached hydrogens (tertiary/aromatic N) is 2. The molecule has 2 aliphatic rings. The van der Waals surface area contributed by atoms with Crippen LogP contribution in [0.25, 0.3) is 22.2 Å². The van der Waals surface area contributed by atoms with E-state index < -0.39 is 29.0 Å². The minimum Gasteiger partial charge on any atom is -0.506 e. The third-order valence-electron chi connectivity index (χ3n) is 6.61. The van der Waals surface area contributed by atoms with Gasteiger partial charge in [0.05, 0.1) is 5.69 Å². The molecule has 0 bridgehead atoms. The number of aromatic hydroxyl groups is 1. The van der Waals surface area contributed by atoms with Crippen LogP contribution in [0.4, 0.5) is 4.39 Å². The van der Waals surface area contributed by atoms with E-state index in [1.807, 2.05) is 13.1 Å². The van der Waals surface area contributed by atoms with Gasteiger partial charge in [-0.25, -0.2) is 9.18 Å². The number of alkyl halides is 1. The standard InChI is InChI=1S/C23H24FN3O4/c1-26-15(11-27-6-5-14(24)10-27)7-13-8-17-12(9-18(13)26)3-2-4-16-20(17)25-22(29)19(21(16)28)23(30)31/h7-9,14H,2-6,10-11H2,1H3,(H,30,31)(H2,25,28,29)/t14-/m1/s1. The second-order valence-corrected chi connectivity index (χ2v) is 8.57. The van der Waals surface area contributed by atoms with Crippen molar-refractivity contribution in [1.82, 2.24) is 14.5 Å². The molecule has 0 saturated carbocycles. The fourth-order valence-corrected chi connectivity index (χ4v) is 4.99. The van der Waals surface area contributed by atoms with Crippen LogP contribution in [0.15, 0.2) is 23.0 Å². The third kappa shape index (κ3) is 3.22. The van der Waals surface area contributed by atoms with Gasteiger partial charge in [0.1, 0.15) is 11.9 Å². The lowest BCUT2D eigenvalue weighted by Crippen LogP contribution is -2.21. The monoisotopic (exact) mass is 425 g/mol. The van der Waals surface area contributed by atoms with Crippen molar-refractivity contribution in [3.8, 4) is 17.0 Å². The molecule has 3 aromatic rings. The van der Waals surface area contributed by atoms with E-state index in [1.54, 1.807) is 0 Å². The first-order chi connectivity index (χ1) is 14.8. The second kappa shape index (κ2) is 7.23. The molecule has 1 fully saturated rings. The molecule has 3 heterocycles. The first-order valence-corrected chi connectivity index (χ1v) is 10.5. The number of carbonyl (C=O) groups is 1. The molecule has 0 unspecified atom stereocenters. The highest BCUT2D eigenvalue weighted by atomic mass is 19.1. The Labute approximate surface area is 177 Å². The number of nitrogens with one attached hydrogen (secondary N) is 1. The number of aromatic amines is 1. The van der Waals surface area contributed by atoms with Gasteiger partial charge in [-0.3, -0.25) is 9.69 Å². The van der Waals surface area contributed by atoms with E-state index in [-0.39, 0.29) is 0 Å². The lowest BCUT2D eigenvalue weighted by molar-refractivity contribution is 0.0691. The highest BCUT2D eigenvalue weighted by Crippen LogP contribution is 2.38. The molecular weight excluding hydrogens is 401 g/mol. The van der Waals surface area contributed by atoms with Crippen molar-refractivity contribution in [2.45, 2.75) is 38.4 Å². The van der Waals surface area contributed by atoms with E-state index in [0.717, 1.165) is 47.1 Å². The van der Waals surface area contributed by atoms with E-state index >= 15 is 0 Å². The molecule has 5 rings (SSSR count). The average Bonchev–Trinajstić information content (AvgIpc) is 3.19. The Kier molecular flexibility index (Phi) is 4.62. The topological polar surface area (TPSA) is 98.6 Å². The van der Waals surface area contributed by atoms with Crippen LogP contribution in [0, 0.1) is 0 Å². The van der Waals surface area contributed by atoms with Gasteiger partial charge in [-0.05, 0) is 49.4 Å². The predicted molar refractivity (Wildman–Crippen MR) is 114 cm³/mol. The Balaban J connectivity index is 1.64. The average molecular weight is 425 g/mol. The van der Waals surface area contributed by atoms with Crippen molar-refractivity contribution in [2.75, 3.05) is 13.1 Å². The maximum Gasteiger partial charge on any atom is 0.345 e. The normalized spacial score (nSPS) is 18.7. The van der Waals surface area contributed by atoms with Gasteiger partial charge in [-0.2, -0.15) is 0 Å². The summed E-state index contributed by atoms with van der Waals surface area (Å²) in [4.78, 5) is 28.6. The molecule has 1 aromatic carbocycles. The van der Waals surface area contributed by atoms with Gasteiger partial charge in [0, 0.05) is 54.4 Å². The maximum atomic E-state index is 13.6. The maximum absolute atomic E-state index is 13.6. The molecule has 0 radical (unpaired) electrons. The van der Waals surface area contributed by atoms with Crippen LogP contribution in [0.2, 0.25) is 0 Å². The van der Waals surface area contributed by atoms with Gasteiger partial charge in [-0.15, -0.1) is 0 Å². The second-order valence-electron chi connectivity index (χ2n) is 8.57. The summed E-state index contributed by atoms with van der Waals surface area (Å²) in [5.74, 6) is -1.88. The molecule has 8 heteroatoms. The Morgan fingerprint density at radius 3 is 2.81 bits per heavy atom. The van der Waals surface area contributed by atoms with Crippen LogP contribution >= 0.6 is 0 Å². The van der Waals surface area contributed by atoms with E-state index in [9.17, 15) is 24.2 Å². The number of aromatic carboxylic acids is 1. The molecule has 3 N–H and O–H groups in total. The summed E-state index contributed by atoms with van der Waals surface area (Å²) in [6, 6.07) is 6.18. The summed E-state index contributed by atoms with van der Waals surface area (Å²) in [6.45, 7) is 1.88. The van der Waals surface area contributed by atoms with Crippen molar-refractivity contribution in [3.63, 3.8) is 0 Å². The molecule has 31 heavy (non-hydrogen) atoms. The molecule has 0 amide bonds. The third-order valence-corrected chi connectivity index (χ3v) is 6.61. The fraction of sp³-hybridized carbons (Fsp3) is 0.391. The number of carboxylic acids is 1. The van der Waals surface area contributed by atoms with Crippen LogP contribution in [-0.4, -0.2) is 49.9 Å². The van der Waals surface area contributed by atoms with Crippen molar-refractivity contribution in [3.05, 3.63) is 50.9 Å². The number of rotatable bonds is 3. The first-order valence-electron chi connectivity index (χ1n) is 10.5. The number of aryl methyl sites for hydroxylation is 2. The van der Waals surface area contributed by atoms with Crippen molar-refractivity contribution >= 4 is 16.9 Å². The summed E-state index contributed by atoms with van der Waals surface area (Å²) in [7, 11) is 2.00. The molecule has 7 nitrogen and oxygen atoms in total. The van der Waals surface area contributed by atoms with Crippen LogP contribution in [0.5, 0.6) is 5.75 Å². The van der Waals surface area contributed by atoms with Crippen molar-refractivity contribution in [2.24, 2.45) is 7.05 Å². The number of fused-ring (bicyclic) bond motifs is 4. The molecule has 0 spiro atoms. The zero-order chi connectivity index (χ0) is 21.9. The minimum absolute atomic E-state index is 0.442. The molecule has 2 aromatic heterocycles. The van der Waals surface area contributed by atoms with Crippen LogP contribution < -0.4 is 5.56 Å². The summed E-state index contributed by atoms with van der Waals surface area (Å²) in [6.07, 6.45) is 1.77. The number of halogens is 1. The van der Waals surface area contributed by atoms with E-state index in [2.05, 4.69) is 26.6 Å². The lowest BCUT2D eigenvalue weighted by Gasteiger charge is -2.15. The van der Waals surface area contributed by atoms with Crippen LogP contribution in [0.1, 0.15) is 40.0 Å². The van der Waals surface area contributed by atoms with Crippen LogP contribution in [-0.2, 0) is 26.4 Å². The number of aromatic nitrogens is 2. The first kappa shape index (κ1) is 19.8. The van der Waals surface area contributed by atoms with Gasteiger partial charge in [0.25, 0.3) is 5.56 Å². The minimum atomic E-state index is -1.44. The van der Waals surface area contributed by atoms with Gasteiger partial charge in [0.2, 0.25) is 0 Å². The van der Waals surface area contributed by atoms with E-state index in [0.29, 0.717) is 37.2 Å². The van der Waals surface area contributed by atoms with Gasteiger partial charge in [-0.1, -0.05) is 0 Å². The largest absolute Gasteiger partial charge is 0.506 e. The Morgan fingerprint density at radius 1 is 1.29 bits per heavy atom. The summed E-state index contributed by atoms with van der Waals surface area (Å²) in [5.41, 5.74) is 3.55. The number of hydrogen-bond donors (Lipinski definition) is 3. The number of pyridine rings is 1. The molecule has 1 aliphatic carbocycles. The van der Waals surface area contributed by atoms with Gasteiger partial charge < -0.3 is 19.8 Å². The van der Waals surface area contributed by atoms with E-state index in [1.165, 1.54) is 0 Å². The molecule has 1 aliphatic heterocycles. The number of likely N-dealkylation sites (tertiary alicyclic amines) is 1. The van der Waals surface area contributed by atoms with E-state index in [4.69, 9.17) is 0 Å². The van der Waals surface area contributed by atoms with Crippen molar-refractivity contribution in [1.29, 1.82) is 0 Å². The van der Waals surface area contributed by atoms with Gasteiger partial charge >= 0.3 is 5.97 Å². The Hall–Kier alpha value is -3.13. The number of carboxylic acid groups (broad SMARTS) is 1. The fourth-order valence-electron chi connectivity index (χ4n) is 4.99. The summed E-state index contributed by atoms with van der Waals surface area (Å²) < 4.78 is 15.7. The number of H-pyrrole nitrogens is 1. The smallest absolute Gasteiger partial charge is 0.345 e. The Bertz CT molecular complexity index is 1280. The van der Waals surface area contributed by atoms with Gasteiger partial charge in [0.15, 0.2) is 5.56 Å². The summed E-state index contributed by atoms with van der Waals surface area (Å²) >= 11 is 0. The lowest BCUT2D eigenvalue weighted by atomic mass is 9.98. The highest BCUT2D eigenvalue weighted by molar-refractivity contribution is 5.93. The zero-order valence-electron chi connectivity index (χ0n) is 17.2. The zero-order valence-corrected chi connectivity index (χ0v) is 17.2. The van der Waals surface area contributed by atoms with Crippen molar-refractivity contribution < 1.29 is 19.4 Å². The predicted octanol–water partition coefficient (Wildman–Crippen LogP) is 2.97. The highest BCUT2D eigenvalue weighted by Gasteiger charge is 2.27. The number of benzene rings is 1. The summed E-state index contributed by atoms with van der Waals surface area (Å²) in [5, 5.41) is 20.8. The number of hydrogen-bond acceptors (Lipinski definition) is 4. The molecule has 1 atom stereocenters. The molecule has 162 valence electrons. The Morgan fingerprint density at radius 2 is 2.10 bits per heavy atom. The SMILES string of the molecule is Cn1c(CN2CC[C@@H](F)C2)cc2cc3c(cc21)CCCc1c-3[nH]c(=O)c(C(=O)O)c1O. The van der Waals surface area contributed by atoms with Crippen LogP contribution in [0.3, 0.4) is 0 Å². The molecule has 1 saturated heterocycles.